The van der Waals surface area contributed by atoms with Gasteiger partial charge in [0.1, 0.15) is 18.1 Å². The highest BCUT2D eigenvalue weighted by Gasteiger charge is 2.14. The summed E-state index contributed by atoms with van der Waals surface area (Å²) in [5.41, 5.74) is 0.225. The number of hydrogen-bond acceptors (Lipinski definition) is 7. The van der Waals surface area contributed by atoms with Crippen LogP contribution in [0, 0.1) is 0 Å². The van der Waals surface area contributed by atoms with E-state index in [1.807, 2.05) is 32.0 Å². The Bertz CT molecular complexity index is 701. The Morgan fingerprint density at radius 3 is 2.67 bits per heavy atom. The van der Waals surface area contributed by atoms with Crippen molar-refractivity contribution in [3.05, 3.63) is 36.2 Å². The standard InChI is InChI=1S/C18H26N4O5/c1-4-25-17(26-5-2)13-22-12-16(20-21-22)18(23)19-9-10-27-15-8-6-7-14(11-15)24-3/h6-8,11-12,17H,4-5,9-10,13H2,1-3H3,(H,19,23). The zero-order chi connectivity index (χ0) is 19.5. The van der Waals surface area contributed by atoms with Crippen molar-refractivity contribution in [3.8, 4) is 11.5 Å². The molecule has 148 valence electrons. The lowest BCUT2D eigenvalue weighted by Crippen LogP contribution is -2.28. The molecule has 0 radical (unpaired) electrons. The number of amides is 1. The van der Waals surface area contributed by atoms with Gasteiger partial charge in [-0.1, -0.05) is 11.3 Å². The van der Waals surface area contributed by atoms with E-state index in [0.717, 1.165) is 0 Å². The number of carbonyl (C=O) groups excluding carboxylic acids is 1. The molecule has 0 unspecified atom stereocenters. The predicted molar refractivity (Wildman–Crippen MR) is 97.9 cm³/mol. The molecule has 0 aliphatic carbocycles. The highest BCUT2D eigenvalue weighted by molar-refractivity contribution is 5.91. The number of nitrogens with one attached hydrogen (secondary N) is 1. The SMILES string of the molecule is CCOC(Cn1cc(C(=O)NCCOc2cccc(OC)c2)nn1)OCC. The van der Waals surface area contributed by atoms with Crippen LogP contribution in [0.4, 0.5) is 0 Å². The number of hydrogen-bond donors (Lipinski definition) is 1. The third-order valence-electron chi connectivity index (χ3n) is 3.51. The fourth-order valence-corrected chi connectivity index (χ4v) is 2.28. The van der Waals surface area contributed by atoms with Gasteiger partial charge in [-0.15, -0.1) is 5.10 Å². The smallest absolute Gasteiger partial charge is 0.273 e. The van der Waals surface area contributed by atoms with Gasteiger partial charge in [-0.3, -0.25) is 4.79 Å². The fourth-order valence-electron chi connectivity index (χ4n) is 2.28. The van der Waals surface area contributed by atoms with E-state index >= 15 is 0 Å². The van der Waals surface area contributed by atoms with E-state index in [-0.39, 0.29) is 11.6 Å². The molecule has 0 saturated carbocycles. The van der Waals surface area contributed by atoms with Crippen LogP contribution in [0.3, 0.4) is 0 Å². The third-order valence-corrected chi connectivity index (χ3v) is 3.51. The van der Waals surface area contributed by atoms with Gasteiger partial charge in [0.15, 0.2) is 12.0 Å². The summed E-state index contributed by atoms with van der Waals surface area (Å²) < 4.78 is 23.1. The van der Waals surface area contributed by atoms with Crippen LogP contribution in [0.5, 0.6) is 11.5 Å². The van der Waals surface area contributed by atoms with E-state index in [2.05, 4.69) is 15.6 Å². The van der Waals surface area contributed by atoms with Gasteiger partial charge >= 0.3 is 0 Å². The number of aromatic nitrogens is 3. The molecule has 0 fully saturated rings. The van der Waals surface area contributed by atoms with Crippen molar-refractivity contribution in [2.75, 3.05) is 33.5 Å². The molecule has 0 bridgehead atoms. The molecule has 27 heavy (non-hydrogen) atoms. The zero-order valence-corrected chi connectivity index (χ0v) is 15.9. The Hall–Kier alpha value is -2.65. The third kappa shape index (κ3) is 6.87. The van der Waals surface area contributed by atoms with Crippen LogP contribution < -0.4 is 14.8 Å². The van der Waals surface area contributed by atoms with Gasteiger partial charge in [-0.2, -0.15) is 0 Å². The van der Waals surface area contributed by atoms with Crippen molar-refractivity contribution in [1.29, 1.82) is 0 Å². The van der Waals surface area contributed by atoms with E-state index in [1.165, 1.54) is 4.68 Å². The van der Waals surface area contributed by atoms with Gasteiger partial charge < -0.3 is 24.3 Å². The highest BCUT2D eigenvalue weighted by atomic mass is 16.7. The van der Waals surface area contributed by atoms with E-state index in [4.69, 9.17) is 18.9 Å². The summed E-state index contributed by atoms with van der Waals surface area (Å²) in [4.78, 5) is 12.1. The van der Waals surface area contributed by atoms with E-state index in [9.17, 15) is 4.79 Å². The molecule has 0 atom stereocenters. The molecule has 1 N–H and O–H groups in total. The molecule has 1 aromatic carbocycles. The topological polar surface area (TPSA) is 96.7 Å². The average Bonchev–Trinajstić information content (AvgIpc) is 3.14. The number of ether oxygens (including phenoxy) is 4. The number of nitrogens with zero attached hydrogens (tertiary/aromatic N) is 3. The molecule has 0 saturated heterocycles. The molecule has 2 aromatic rings. The number of methoxy groups -OCH3 is 1. The van der Waals surface area contributed by atoms with E-state index < -0.39 is 6.29 Å². The van der Waals surface area contributed by atoms with Crippen molar-refractivity contribution >= 4 is 5.91 Å². The van der Waals surface area contributed by atoms with Gasteiger partial charge in [0.25, 0.3) is 5.91 Å². The average molecular weight is 378 g/mol. The lowest BCUT2D eigenvalue weighted by atomic mass is 10.3. The van der Waals surface area contributed by atoms with Crippen molar-refractivity contribution in [2.45, 2.75) is 26.7 Å². The van der Waals surface area contributed by atoms with Gasteiger partial charge in [0.2, 0.25) is 0 Å². The molecule has 1 heterocycles. The molecular weight excluding hydrogens is 352 g/mol. The second kappa shape index (κ2) is 11.1. The molecule has 0 spiro atoms. The maximum atomic E-state index is 12.1. The Balaban J connectivity index is 1.76. The van der Waals surface area contributed by atoms with Gasteiger partial charge in [-0.05, 0) is 26.0 Å². The normalized spacial score (nSPS) is 10.8. The summed E-state index contributed by atoms with van der Waals surface area (Å²) in [6, 6.07) is 7.27. The highest BCUT2D eigenvalue weighted by Crippen LogP contribution is 2.18. The summed E-state index contributed by atoms with van der Waals surface area (Å²) in [5.74, 6) is 1.07. The minimum absolute atomic E-state index is 0.225. The molecule has 9 nitrogen and oxygen atoms in total. The van der Waals surface area contributed by atoms with Crippen LogP contribution in [0.25, 0.3) is 0 Å². The van der Waals surface area contributed by atoms with Gasteiger partial charge in [0.05, 0.1) is 26.4 Å². The molecule has 1 amide bonds. The monoisotopic (exact) mass is 378 g/mol. The van der Waals surface area contributed by atoms with Crippen LogP contribution in [0.1, 0.15) is 24.3 Å². The lowest BCUT2D eigenvalue weighted by molar-refractivity contribution is -0.145. The minimum Gasteiger partial charge on any atom is -0.497 e. The summed E-state index contributed by atoms with van der Waals surface area (Å²) in [7, 11) is 1.59. The number of rotatable bonds is 12. The van der Waals surface area contributed by atoms with Crippen LogP contribution in [0.15, 0.2) is 30.5 Å². The molecule has 9 heteroatoms. The molecule has 0 aliphatic heterocycles. The quantitative estimate of drug-likeness (QED) is 0.441. The first kappa shape index (κ1) is 20.7. The Labute approximate surface area is 158 Å². The fraction of sp³-hybridized carbons (Fsp3) is 0.500. The minimum atomic E-state index is -0.422. The predicted octanol–water partition coefficient (Wildman–Crippen LogP) is 1.49. The van der Waals surface area contributed by atoms with E-state index in [0.29, 0.717) is 44.4 Å². The summed E-state index contributed by atoms with van der Waals surface area (Å²) in [5, 5.41) is 10.6. The lowest BCUT2D eigenvalue weighted by Gasteiger charge is -2.16. The summed E-state index contributed by atoms with van der Waals surface area (Å²) in [6.07, 6.45) is 1.14. The van der Waals surface area contributed by atoms with Crippen molar-refractivity contribution in [2.24, 2.45) is 0 Å². The summed E-state index contributed by atoms with van der Waals surface area (Å²) in [6.45, 7) is 5.85. The number of carbonyl (C=O) groups is 1. The Morgan fingerprint density at radius 1 is 1.22 bits per heavy atom. The maximum absolute atomic E-state index is 12.1. The van der Waals surface area contributed by atoms with Crippen LogP contribution >= 0.6 is 0 Å². The van der Waals surface area contributed by atoms with Gasteiger partial charge in [0, 0.05) is 19.3 Å². The molecule has 1 aromatic heterocycles. The zero-order valence-electron chi connectivity index (χ0n) is 15.9. The van der Waals surface area contributed by atoms with E-state index in [1.54, 1.807) is 19.4 Å². The largest absolute Gasteiger partial charge is 0.497 e. The Morgan fingerprint density at radius 2 is 1.96 bits per heavy atom. The Kier molecular flexibility index (Phi) is 8.53. The maximum Gasteiger partial charge on any atom is 0.273 e. The van der Waals surface area contributed by atoms with Crippen molar-refractivity contribution < 1.29 is 23.7 Å². The molecular formula is C18H26N4O5. The van der Waals surface area contributed by atoms with Crippen molar-refractivity contribution in [1.82, 2.24) is 20.3 Å². The van der Waals surface area contributed by atoms with Gasteiger partial charge in [-0.25, -0.2) is 4.68 Å². The summed E-state index contributed by atoms with van der Waals surface area (Å²) >= 11 is 0. The van der Waals surface area contributed by atoms with Crippen LogP contribution in [-0.2, 0) is 16.0 Å². The first-order valence-electron chi connectivity index (χ1n) is 8.84. The van der Waals surface area contributed by atoms with Crippen LogP contribution in [-0.4, -0.2) is 60.7 Å². The van der Waals surface area contributed by atoms with Crippen LogP contribution in [0.2, 0.25) is 0 Å². The number of benzene rings is 1. The van der Waals surface area contributed by atoms with Crippen molar-refractivity contribution in [3.63, 3.8) is 0 Å². The first-order chi connectivity index (χ1) is 13.2. The molecule has 2 rings (SSSR count). The first-order valence-corrected chi connectivity index (χ1v) is 8.84. The second-order valence-electron chi connectivity index (χ2n) is 5.45. The second-order valence-corrected chi connectivity index (χ2v) is 5.45. The molecule has 0 aliphatic rings.